The van der Waals surface area contributed by atoms with E-state index in [1.807, 2.05) is 30.1 Å². The first kappa shape index (κ1) is 27.3. The molecule has 0 atom stereocenters. The van der Waals surface area contributed by atoms with Crippen molar-refractivity contribution in [1.29, 1.82) is 0 Å². The van der Waals surface area contributed by atoms with Gasteiger partial charge < -0.3 is 16.0 Å². The molecule has 4 N–H and O–H groups in total. The van der Waals surface area contributed by atoms with Crippen LogP contribution in [0.3, 0.4) is 0 Å². The van der Waals surface area contributed by atoms with Crippen molar-refractivity contribution < 1.29 is 18.0 Å². The molecule has 40 heavy (non-hydrogen) atoms. The summed E-state index contributed by atoms with van der Waals surface area (Å²) in [6.45, 7) is 4.96. The Kier molecular flexibility index (Phi) is 7.34. The van der Waals surface area contributed by atoms with Crippen molar-refractivity contribution in [3.05, 3.63) is 59.4 Å². The Morgan fingerprint density at radius 3 is 2.48 bits per heavy atom. The molecule has 0 unspecified atom stereocenters. The number of amides is 2. The molecule has 0 aliphatic carbocycles. The highest BCUT2D eigenvalue weighted by Gasteiger charge is 2.34. The smallest absolute Gasteiger partial charge is 0.383 e. The minimum Gasteiger partial charge on any atom is -0.383 e. The zero-order valence-corrected chi connectivity index (χ0v) is 22.4. The molecule has 2 aromatic carbocycles. The molecule has 2 amide bonds. The van der Waals surface area contributed by atoms with Crippen LogP contribution >= 0.6 is 0 Å². The number of rotatable bonds is 5. The molecule has 210 valence electrons. The van der Waals surface area contributed by atoms with E-state index in [0.717, 1.165) is 24.7 Å². The summed E-state index contributed by atoms with van der Waals surface area (Å²) in [5.41, 5.74) is 7.69. The SMILES string of the molecule is Cc1nc(N)c2cc(-c3cc(NC(=O)Nc4ccc(CN5CCN(C)CC5)c(C(F)(F)F)c4)nn3C)ccc2n1. The predicted octanol–water partition coefficient (Wildman–Crippen LogP) is 4.33. The number of halogens is 3. The van der Waals surface area contributed by atoms with Crippen LogP contribution in [0.2, 0.25) is 0 Å². The van der Waals surface area contributed by atoms with Gasteiger partial charge in [-0.1, -0.05) is 12.1 Å². The van der Waals surface area contributed by atoms with E-state index in [9.17, 15) is 18.0 Å². The van der Waals surface area contributed by atoms with Gasteiger partial charge in [0.05, 0.1) is 16.8 Å². The molecule has 0 radical (unpaired) electrons. The maximum absolute atomic E-state index is 13.9. The number of likely N-dealkylation sites (N-methyl/N-ethyl adjacent to an activating group) is 1. The quantitative estimate of drug-likeness (QED) is 0.337. The second-order valence-corrected chi connectivity index (χ2v) is 9.95. The number of piperazine rings is 1. The predicted molar refractivity (Wildman–Crippen MR) is 148 cm³/mol. The van der Waals surface area contributed by atoms with E-state index in [4.69, 9.17) is 5.73 Å². The number of alkyl halides is 3. The van der Waals surface area contributed by atoms with Gasteiger partial charge in [0, 0.05) is 62.5 Å². The summed E-state index contributed by atoms with van der Waals surface area (Å²) in [4.78, 5) is 25.4. The van der Waals surface area contributed by atoms with Gasteiger partial charge in [-0.3, -0.25) is 14.9 Å². The lowest BCUT2D eigenvalue weighted by Gasteiger charge is -2.33. The van der Waals surface area contributed by atoms with E-state index in [2.05, 4.69) is 30.6 Å². The number of nitrogens with two attached hydrogens (primary N) is 1. The van der Waals surface area contributed by atoms with E-state index in [1.165, 1.54) is 12.1 Å². The first-order valence-electron chi connectivity index (χ1n) is 12.7. The Bertz CT molecular complexity index is 1560. The normalized spacial score (nSPS) is 14.9. The number of hydrogen-bond acceptors (Lipinski definition) is 7. The number of nitrogen functional groups attached to an aromatic ring is 1. The van der Waals surface area contributed by atoms with Crippen LogP contribution in [0.1, 0.15) is 17.0 Å². The average Bonchev–Trinajstić information content (AvgIpc) is 3.25. The molecule has 0 spiro atoms. The third-order valence-electron chi connectivity index (χ3n) is 6.92. The van der Waals surface area contributed by atoms with Gasteiger partial charge >= 0.3 is 12.2 Å². The fraction of sp³-hybridized carbons (Fsp3) is 0.333. The maximum Gasteiger partial charge on any atom is 0.416 e. The van der Waals surface area contributed by atoms with Crippen molar-refractivity contribution in [2.45, 2.75) is 19.6 Å². The molecule has 0 saturated carbocycles. The number of carbonyl (C=O) groups excluding carboxylic acids is 1. The van der Waals surface area contributed by atoms with Crippen molar-refractivity contribution in [1.82, 2.24) is 29.5 Å². The fourth-order valence-corrected chi connectivity index (χ4v) is 4.81. The third kappa shape index (κ3) is 6.00. The number of nitrogens with zero attached hydrogens (tertiary/aromatic N) is 6. The van der Waals surface area contributed by atoms with Crippen molar-refractivity contribution in [2.24, 2.45) is 7.05 Å². The van der Waals surface area contributed by atoms with E-state index >= 15 is 0 Å². The first-order valence-corrected chi connectivity index (χ1v) is 12.7. The molecular weight excluding hydrogens is 523 g/mol. The summed E-state index contributed by atoms with van der Waals surface area (Å²) in [7, 11) is 3.71. The number of urea groups is 1. The summed E-state index contributed by atoms with van der Waals surface area (Å²) in [6.07, 6.45) is -4.56. The highest BCUT2D eigenvalue weighted by molar-refractivity contribution is 5.99. The number of carbonyl (C=O) groups is 1. The van der Waals surface area contributed by atoms with Gasteiger partial charge in [0.1, 0.15) is 11.6 Å². The zero-order chi connectivity index (χ0) is 28.6. The monoisotopic (exact) mass is 553 g/mol. The first-order chi connectivity index (χ1) is 19.0. The number of fused-ring (bicyclic) bond motifs is 1. The molecule has 4 aromatic rings. The van der Waals surface area contributed by atoms with E-state index < -0.39 is 17.8 Å². The Morgan fingerprint density at radius 2 is 1.75 bits per heavy atom. The fourth-order valence-electron chi connectivity index (χ4n) is 4.81. The molecule has 13 heteroatoms. The van der Waals surface area contributed by atoms with Crippen molar-refractivity contribution in [3.8, 4) is 11.3 Å². The number of anilines is 3. The molecule has 10 nitrogen and oxygen atoms in total. The number of hydrogen-bond donors (Lipinski definition) is 3. The van der Waals surface area contributed by atoms with Gasteiger partial charge in [-0.25, -0.2) is 14.8 Å². The summed E-state index contributed by atoms with van der Waals surface area (Å²) in [5, 5.41) is 10.1. The Labute approximate surface area is 229 Å². The van der Waals surface area contributed by atoms with Gasteiger partial charge in [-0.2, -0.15) is 18.3 Å². The van der Waals surface area contributed by atoms with Crippen molar-refractivity contribution >= 4 is 34.3 Å². The summed E-state index contributed by atoms with van der Waals surface area (Å²) >= 11 is 0. The molecule has 5 rings (SSSR count). The third-order valence-corrected chi connectivity index (χ3v) is 6.92. The summed E-state index contributed by atoms with van der Waals surface area (Å²) < 4.78 is 43.3. The summed E-state index contributed by atoms with van der Waals surface area (Å²) in [5.74, 6) is 1.16. The molecule has 1 aliphatic heterocycles. The van der Waals surface area contributed by atoms with Crippen LogP contribution in [-0.4, -0.2) is 68.8 Å². The second-order valence-electron chi connectivity index (χ2n) is 9.95. The molecule has 2 aromatic heterocycles. The Morgan fingerprint density at radius 1 is 1.00 bits per heavy atom. The van der Waals surface area contributed by atoms with Crippen LogP contribution in [-0.2, 0) is 19.8 Å². The zero-order valence-electron chi connectivity index (χ0n) is 22.4. The Hall–Kier alpha value is -4.23. The van der Waals surface area contributed by atoms with Gasteiger partial charge in [0.2, 0.25) is 0 Å². The summed E-state index contributed by atoms with van der Waals surface area (Å²) in [6, 6.07) is 10.3. The second kappa shape index (κ2) is 10.7. The van der Waals surface area contributed by atoms with Crippen LogP contribution in [0.5, 0.6) is 0 Å². The van der Waals surface area contributed by atoms with Gasteiger partial charge in [0.15, 0.2) is 5.82 Å². The molecular formula is C27H30F3N9O. The average molecular weight is 554 g/mol. The number of aryl methyl sites for hydroxylation is 2. The van der Waals surface area contributed by atoms with Crippen LogP contribution in [0, 0.1) is 6.92 Å². The van der Waals surface area contributed by atoms with E-state index in [0.29, 0.717) is 41.3 Å². The van der Waals surface area contributed by atoms with Crippen LogP contribution in [0.25, 0.3) is 22.2 Å². The van der Waals surface area contributed by atoms with E-state index in [-0.39, 0.29) is 23.6 Å². The number of nitrogens with one attached hydrogen (secondary N) is 2. The molecule has 0 bridgehead atoms. The minimum atomic E-state index is -4.56. The van der Waals surface area contributed by atoms with Crippen molar-refractivity contribution in [3.63, 3.8) is 0 Å². The lowest BCUT2D eigenvalue weighted by atomic mass is 10.0. The lowest BCUT2D eigenvalue weighted by Crippen LogP contribution is -2.44. The molecule has 3 heterocycles. The van der Waals surface area contributed by atoms with E-state index in [1.54, 1.807) is 24.7 Å². The minimum absolute atomic E-state index is 0.0309. The number of aromatic nitrogens is 4. The molecule has 1 saturated heterocycles. The van der Waals surface area contributed by atoms with Gasteiger partial charge in [0.25, 0.3) is 0 Å². The topological polar surface area (TPSA) is 117 Å². The van der Waals surface area contributed by atoms with Crippen LogP contribution in [0.4, 0.5) is 35.3 Å². The largest absolute Gasteiger partial charge is 0.416 e. The van der Waals surface area contributed by atoms with Crippen LogP contribution in [0.15, 0.2) is 42.5 Å². The Balaban J connectivity index is 1.30. The van der Waals surface area contributed by atoms with Gasteiger partial charge in [-0.15, -0.1) is 0 Å². The highest BCUT2D eigenvalue weighted by Crippen LogP contribution is 2.35. The number of benzene rings is 2. The lowest BCUT2D eigenvalue weighted by molar-refractivity contribution is -0.138. The van der Waals surface area contributed by atoms with Crippen LogP contribution < -0.4 is 16.4 Å². The molecule has 1 aliphatic rings. The standard InChI is InChI=1S/C27H30F3N9O/c1-16-32-22-7-5-17(12-20(22)25(31)33-16)23-14-24(36-38(23)3)35-26(40)34-19-6-4-18(21(13-19)27(28,29)30)15-39-10-8-37(2)9-11-39/h4-7,12-14H,8-11,15H2,1-3H3,(H2,31,32,33)(H2,34,35,36,40). The maximum atomic E-state index is 13.9. The van der Waals surface area contributed by atoms with Crippen molar-refractivity contribution in [2.75, 3.05) is 49.6 Å². The highest BCUT2D eigenvalue weighted by atomic mass is 19.4. The molecule has 1 fully saturated rings. The van der Waals surface area contributed by atoms with Gasteiger partial charge in [-0.05, 0) is 43.8 Å².